The van der Waals surface area contributed by atoms with Crippen molar-refractivity contribution in [3.63, 3.8) is 0 Å². The highest BCUT2D eigenvalue weighted by molar-refractivity contribution is 5.96. The lowest BCUT2D eigenvalue weighted by Crippen LogP contribution is -2.52. The second-order valence-corrected chi connectivity index (χ2v) is 6.73. The summed E-state index contributed by atoms with van der Waals surface area (Å²) in [5, 5.41) is 0. The van der Waals surface area contributed by atoms with Gasteiger partial charge in [-0.1, -0.05) is 12.1 Å². The van der Waals surface area contributed by atoms with E-state index < -0.39 is 17.9 Å². The second-order valence-electron chi connectivity index (χ2n) is 6.73. The molecule has 3 rings (SSSR count). The highest BCUT2D eigenvalue weighted by Gasteiger charge is 2.35. The summed E-state index contributed by atoms with van der Waals surface area (Å²) in [6, 6.07) is 8.24. The number of benzene rings is 1. The highest BCUT2D eigenvalue weighted by atomic mass is 16.5. The van der Waals surface area contributed by atoms with Gasteiger partial charge in [-0.05, 0) is 56.0 Å². The number of hydrazine groups is 1. The van der Waals surface area contributed by atoms with E-state index >= 15 is 0 Å². The fourth-order valence-electron chi connectivity index (χ4n) is 3.08. The summed E-state index contributed by atoms with van der Waals surface area (Å²) in [5.74, 6) is -0.473. The van der Waals surface area contributed by atoms with Crippen LogP contribution < -0.4 is 15.6 Å². The van der Waals surface area contributed by atoms with Gasteiger partial charge in [0.05, 0.1) is 6.26 Å². The number of nitrogens with one attached hydrogen (secondary N) is 2. The Morgan fingerprint density at radius 3 is 2.79 bits per heavy atom. The molecule has 28 heavy (non-hydrogen) atoms. The molecule has 1 unspecified atom stereocenters. The second kappa shape index (κ2) is 8.60. The maximum Gasteiger partial charge on any atom is 0.290 e. The van der Waals surface area contributed by atoms with Crippen LogP contribution in [0.15, 0.2) is 41.0 Å². The molecule has 1 aliphatic rings. The molecule has 0 aliphatic carbocycles. The molecular weight excluding hydrogens is 362 g/mol. The van der Waals surface area contributed by atoms with Gasteiger partial charge in [0.25, 0.3) is 17.7 Å². The molecular formula is C20H23N3O5. The number of furan rings is 1. The quantitative estimate of drug-likeness (QED) is 0.764. The fourth-order valence-corrected chi connectivity index (χ4v) is 3.08. The van der Waals surface area contributed by atoms with Crippen LogP contribution in [0.5, 0.6) is 5.75 Å². The van der Waals surface area contributed by atoms with Crippen molar-refractivity contribution in [3.8, 4) is 5.75 Å². The lowest BCUT2D eigenvalue weighted by atomic mass is 10.1. The average molecular weight is 385 g/mol. The van der Waals surface area contributed by atoms with Gasteiger partial charge in [0, 0.05) is 6.54 Å². The third-order valence-electron chi connectivity index (χ3n) is 4.58. The number of likely N-dealkylation sites (tertiary alicyclic amines) is 1. The third-order valence-corrected chi connectivity index (χ3v) is 4.58. The number of nitrogens with zero attached hydrogens (tertiary/aromatic N) is 1. The van der Waals surface area contributed by atoms with Crippen LogP contribution in [0.2, 0.25) is 0 Å². The first kappa shape index (κ1) is 19.5. The van der Waals surface area contributed by atoms with Crippen LogP contribution in [0.4, 0.5) is 0 Å². The molecule has 1 fully saturated rings. The predicted octanol–water partition coefficient (Wildman–Crippen LogP) is 1.73. The number of hydrogen-bond donors (Lipinski definition) is 2. The molecule has 1 aliphatic heterocycles. The van der Waals surface area contributed by atoms with Crippen molar-refractivity contribution in [2.45, 2.75) is 32.7 Å². The lowest BCUT2D eigenvalue weighted by Gasteiger charge is -2.23. The molecule has 2 heterocycles. The largest absolute Gasteiger partial charge is 0.483 e. The molecule has 2 aromatic rings. The van der Waals surface area contributed by atoms with E-state index in [4.69, 9.17) is 9.15 Å². The van der Waals surface area contributed by atoms with Crippen LogP contribution in [0.25, 0.3) is 0 Å². The van der Waals surface area contributed by atoms with Crippen molar-refractivity contribution < 1.29 is 23.5 Å². The third kappa shape index (κ3) is 4.51. The van der Waals surface area contributed by atoms with Crippen LogP contribution >= 0.6 is 0 Å². The zero-order chi connectivity index (χ0) is 20.1. The van der Waals surface area contributed by atoms with E-state index in [1.54, 1.807) is 12.1 Å². The molecule has 0 bridgehead atoms. The van der Waals surface area contributed by atoms with E-state index in [0.717, 1.165) is 11.1 Å². The zero-order valence-electron chi connectivity index (χ0n) is 15.9. The minimum absolute atomic E-state index is 0.186. The highest BCUT2D eigenvalue weighted by Crippen LogP contribution is 2.21. The Hall–Kier alpha value is -3.29. The molecule has 0 spiro atoms. The molecule has 3 amide bonds. The maximum atomic E-state index is 12.4. The van der Waals surface area contributed by atoms with Crippen LogP contribution in [-0.2, 0) is 9.59 Å². The summed E-state index contributed by atoms with van der Waals surface area (Å²) < 4.78 is 10.6. The van der Waals surface area contributed by atoms with Gasteiger partial charge in [-0.3, -0.25) is 25.2 Å². The summed E-state index contributed by atoms with van der Waals surface area (Å²) in [6.45, 7) is 4.05. The SMILES string of the molecule is Cc1ccc(C)c(OCC(=O)NNC(=O)C2CCCN2C(=O)c2ccco2)c1. The summed E-state index contributed by atoms with van der Waals surface area (Å²) in [4.78, 5) is 38.3. The number of hydrogen-bond acceptors (Lipinski definition) is 5. The molecule has 0 radical (unpaired) electrons. The Kier molecular flexibility index (Phi) is 5.98. The average Bonchev–Trinajstić information content (AvgIpc) is 3.38. The molecule has 8 nitrogen and oxygen atoms in total. The Labute approximate surface area is 162 Å². The van der Waals surface area contributed by atoms with Gasteiger partial charge < -0.3 is 14.1 Å². The first-order chi connectivity index (χ1) is 13.5. The van der Waals surface area contributed by atoms with Gasteiger partial charge in [-0.2, -0.15) is 0 Å². The van der Waals surface area contributed by atoms with Crippen molar-refractivity contribution in [2.75, 3.05) is 13.2 Å². The van der Waals surface area contributed by atoms with E-state index in [2.05, 4.69) is 10.9 Å². The molecule has 1 atom stereocenters. The van der Waals surface area contributed by atoms with Gasteiger partial charge in [-0.25, -0.2) is 0 Å². The number of carbonyl (C=O) groups excluding carboxylic acids is 3. The molecule has 8 heteroatoms. The van der Waals surface area contributed by atoms with E-state index in [1.807, 2.05) is 32.0 Å². The van der Waals surface area contributed by atoms with Gasteiger partial charge in [-0.15, -0.1) is 0 Å². The van der Waals surface area contributed by atoms with Crippen LogP contribution in [0.3, 0.4) is 0 Å². The predicted molar refractivity (Wildman–Crippen MR) is 100 cm³/mol. The van der Waals surface area contributed by atoms with Gasteiger partial charge in [0.2, 0.25) is 0 Å². The molecule has 1 aromatic heterocycles. The van der Waals surface area contributed by atoms with Gasteiger partial charge in [0.1, 0.15) is 11.8 Å². The Morgan fingerprint density at radius 2 is 2.04 bits per heavy atom. The van der Waals surface area contributed by atoms with Crippen LogP contribution in [0.1, 0.15) is 34.5 Å². The smallest absolute Gasteiger partial charge is 0.290 e. The van der Waals surface area contributed by atoms with Gasteiger partial charge >= 0.3 is 0 Å². The number of carbonyl (C=O) groups is 3. The summed E-state index contributed by atoms with van der Waals surface area (Å²) in [5.41, 5.74) is 6.65. The van der Waals surface area contributed by atoms with Crippen molar-refractivity contribution in [3.05, 3.63) is 53.5 Å². The van der Waals surface area contributed by atoms with Crippen molar-refractivity contribution in [2.24, 2.45) is 0 Å². The first-order valence-electron chi connectivity index (χ1n) is 9.09. The Morgan fingerprint density at radius 1 is 1.21 bits per heavy atom. The fraction of sp³-hybridized carbons (Fsp3) is 0.350. The minimum atomic E-state index is -0.655. The Balaban J connectivity index is 1.49. The molecule has 0 saturated carbocycles. The molecule has 148 valence electrons. The van der Waals surface area contributed by atoms with E-state index in [9.17, 15) is 14.4 Å². The summed E-state index contributed by atoms with van der Waals surface area (Å²) in [7, 11) is 0. The number of amides is 3. The lowest BCUT2D eigenvalue weighted by molar-refractivity contribution is -0.131. The summed E-state index contributed by atoms with van der Waals surface area (Å²) in [6.07, 6.45) is 2.63. The van der Waals surface area contributed by atoms with Crippen LogP contribution in [-0.4, -0.2) is 41.8 Å². The van der Waals surface area contributed by atoms with Crippen molar-refractivity contribution in [1.82, 2.24) is 15.8 Å². The monoisotopic (exact) mass is 385 g/mol. The standard InChI is InChI=1S/C20H23N3O5/c1-13-7-8-14(2)17(11-13)28-12-18(24)21-22-19(25)15-5-3-9-23(15)20(26)16-6-4-10-27-16/h4,6-8,10-11,15H,3,5,9,12H2,1-2H3,(H,21,24)(H,22,25). The Bertz CT molecular complexity index is 863. The van der Waals surface area contributed by atoms with Crippen molar-refractivity contribution in [1.29, 1.82) is 0 Å². The van der Waals surface area contributed by atoms with Crippen LogP contribution in [0, 0.1) is 13.8 Å². The molecule has 2 N–H and O–H groups in total. The maximum absolute atomic E-state index is 12.4. The zero-order valence-corrected chi connectivity index (χ0v) is 15.9. The van der Waals surface area contributed by atoms with Gasteiger partial charge in [0.15, 0.2) is 12.4 Å². The number of aryl methyl sites for hydroxylation is 2. The van der Waals surface area contributed by atoms with Crippen molar-refractivity contribution >= 4 is 17.7 Å². The van der Waals surface area contributed by atoms with E-state index in [0.29, 0.717) is 25.1 Å². The number of rotatable bonds is 5. The topological polar surface area (TPSA) is 101 Å². The minimum Gasteiger partial charge on any atom is -0.483 e. The van der Waals surface area contributed by atoms with E-state index in [1.165, 1.54) is 11.2 Å². The molecule has 1 aromatic carbocycles. The normalized spacial score (nSPS) is 15.9. The summed E-state index contributed by atoms with van der Waals surface area (Å²) >= 11 is 0. The first-order valence-corrected chi connectivity index (χ1v) is 9.09. The number of ether oxygens (including phenoxy) is 1. The van der Waals surface area contributed by atoms with E-state index in [-0.39, 0.29) is 18.3 Å². The molecule has 1 saturated heterocycles.